The van der Waals surface area contributed by atoms with Crippen molar-refractivity contribution in [2.45, 2.75) is 47.9 Å². The van der Waals surface area contributed by atoms with Crippen LogP contribution in [0.25, 0.3) is 0 Å². The lowest BCUT2D eigenvalue weighted by Gasteiger charge is -2.38. The predicted octanol–water partition coefficient (Wildman–Crippen LogP) is 2.71. The van der Waals surface area contributed by atoms with E-state index < -0.39 is 9.84 Å². The van der Waals surface area contributed by atoms with E-state index in [9.17, 15) is 8.42 Å². The standard InChI is InChI=1S/C19H28N2O2S2/c1-25(22,23)17-6-4-14(5-7-17)18-11-19-15(12-20-18)8-9-21(19)13-16-3-2-10-24-16/h4-7,15-16,18-20H,2-3,8-13H2,1H3. The van der Waals surface area contributed by atoms with Crippen molar-refractivity contribution in [3.05, 3.63) is 29.8 Å². The van der Waals surface area contributed by atoms with Crippen LogP contribution in [-0.4, -0.2) is 56.3 Å². The predicted molar refractivity (Wildman–Crippen MR) is 104 cm³/mol. The van der Waals surface area contributed by atoms with Crippen molar-refractivity contribution in [1.82, 2.24) is 10.2 Å². The fourth-order valence-corrected chi connectivity index (χ4v) is 6.59. The van der Waals surface area contributed by atoms with Crippen LogP contribution in [0, 0.1) is 5.92 Å². The molecule has 3 heterocycles. The van der Waals surface area contributed by atoms with E-state index in [1.165, 1.54) is 49.9 Å². The summed E-state index contributed by atoms with van der Waals surface area (Å²) < 4.78 is 23.3. The number of nitrogens with zero attached hydrogens (tertiary/aromatic N) is 1. The molecule has 0 aliphatic carbocycles. The van der Waals surface area contributed by atoms with Crippen LogP contribution < -0.4 is 5.32 Å². The molecule has 3 fully saturated rings. The molecule has 0 aromatic heterocycles. The molecule has 4 unspecified atom stereocenters. The van der Waals surface area contributed by atoms with Gasteiger partial charge in [0.15, 0.2) is 9.84 Å². The van der Waals surface area contributed by atoms with Crippen molar-refractivity contribution in [2.24, 2.45) is 5.92 Å². The highest BCUT2D eigenvalue weighted by Crippen LogP contribution is 2.37. The van der Waals surface area contributed by atoms with Gasteiger partial charge < -0.3 is 5.32 Å². The molecule has 4 nitrogen and oxygen atoms in total. The zero-order valence-corrected chi connectivity index (χ0v) is 16.5. The van der Waals surface area contributed by atoms with E-state index in [-0.39, 0.29) is 0 Å². The minimum Gasteiger partial charge on any atom is -0.310 e. The maximum atomic E-state index is 11.7. The molecule has 6 heteroatoms. The molecular formula is C19H28N2O2S2. The molecule has 3 saturated heterocycles. The number of hydrogen-bond donors (Lipinski definition) is 1. The average Bonchev–Trinajstić information content (AvgIpc) is 3.24. The molecule has 0 spiro atoms. The molecule has 0 amide bonds. The fraction of sp³-hybridized carbons (Fsp3) is 0.684. The Morgan fingerprint density at radius 2 is 2.04 bits per heavy atom. The van der Waals surface area contributed by atoms with E-state index in [0.717, 1.165) is 24.1 Å². The molecule has 1 aromatic carbocycles. The molecule has 25 heavy (non-hydrogen) atoms. The summed E-state index contributed by atoms with van der Waals surface area (Å²) in [6.07, 6.45) is 6.49. The number of likely N-dealkylation sites (tertiary alicyclic amines) is 1. The zero-order chi connectivity index (χ0) is 17.4. The number of piperidine rings is 1. The molecule has 0 saturated carbocycles. The van der Waals surface area contributed by atoms with E-state index in [1.807, 2.05) is 12.1 Å². The van der Waals surface area contributed by atoms with Gasteiger partial charge in [0, 0.05) is 36.7 Å². The summed E-state index contributed by atoms with van der Waals surface area (Å²) in [5.41, 5.74) is 1.22. The molecule has 0 bridgehead atoms. The maximum Gasteiger partial charge on any atom is 0.175 e. The van der Waals surface area contributed by atoms with E-state index in [2.05, 4.69) is 22.0 Å². The molecule has 4 atom stereocenters. The molecular weight excluding hydrogens is 352 g/mol. The van der Waals surface area contributed by atoms with Gasteiger partial charge in [-0.05, 0) is 61.6 Å². The Hall–Kier alpha value is -0.560. The number of fused-ring (bicyclic) bond motifs is 1. The molecule has 138 valence electrons. The third-order valence-corrected chi connectivity index (χ3v) is 8.59. The average molecular weight is 381 g/mol. The Kier molecular flexibility index (Phi) is 5.15. The van der Waals surface area contributed by atoms with Gasteiger partial charge >= 0.3 is 0 Å². The largest absolute Gasteiger partial charge is 0.310 e. The highest BCUT2D eigenvalue weighted by Gasteiger charge is 2.40. The number of benzene rings is 1. The number of sulfone groups is 1. The Morgan fingerprint density at radius 3 is 2.72 bits per heavy atom. The summed E-state index contributed by atoms with van der Waals surface area (Å²) in [6.45, 7) is 3.58. The second kappa shape index (κ2) is 7.22. The van der Waals surface area contributed by atoms with E-state index in [0.29, 0.717) is 17.0 Å². The first-order valence-electron chi connectivity index (χ1n) is 9.40. The number of nitrogens with one attached hydrogen (secondary N) is 1. The van der Waals surface area contributed by atoms with Crippen LogP contribution in [0.2, 0.25) is 0 Å². The van der Waals surface area contributed by atoms with Gasteiger partial charge in [-0.25, -0.2) is 8.42 Å². The number of thioether (sulfide) groups is 1. The Labute approximate surface area is 155 Å². The van der Waals surface area contributed by atoms with Crippen molar-refractivity contribution in [3.8, 4) is 0 Å². The summed E-state index contributed by atoms with van der Waals surface area (Å²) in [7, 11) is -3.12. The third-order valence-electron chi connectivity index (χ3n) is 6.08. The highest BCUT2D eigenvalue weighted by molar-refractivity contribution is 8.00. The first-order chi connectivity index (χ1) is 12.0. The normalized spacial score (nSPS) is 33.5. The summed E-state index contributed by atoms with van der Waals surface area (Å²) in [6, 6.07) is 8.50. The van der Waals surface area contributed by atoms with Crippen molar-refractivity contribution in [3.63, 3.8) is 0 Å². The second-order valence-corrected chi connectivity index (χ2v) is 11.2. The Morgan fingerprint density at radius 1 is 1.24 bits per heavy atom. The lowest BCUT2D eigenvalue weighted by atomic mass is 9.87. The van der Waals surface area contributed by atoms with Gasteiger partial charge in [0.2, 0.25) is 0 Å². The van der Waals surface area contributed by atoms with Gasteiger partial charge in [0.25, 0.3) is 0 Å². The van der Waals surface area contributed by atoms with E-state index in [4.69, 9.17) is 0 Å². The van der Waals surface area contributed by atoms with Crippen LogP contribution in [0.15, 0.2) is 29.2 Å². The molecule has 3 aliphatic rings. The molecule has 1 N–H and O–H groups in total. The SMILES string of the molecule is CS(=O)(=O)c1ccc(C2CC3C(CCN3CC3CCCS3)CN2)cc1. The van der Waals surface area contributed by atoms with Crippen molar-refractivity contribution in [2.75, 3.05) is 31.6 Å². The summed E-state index contributed by atoms with van der Waals surface area (Å²) in [5, 5.41) is 4.53. The zero-order valence-electron chi connectivity index (χ0n) is 14.9. The van der Waals surface area contributed by atoms with Crippen LogP contribution in [0.5, 0.6) is 0 Å². The summed E-state index contributed by atoms with van der Waals surface area (Å²) in [5.74, 6) is 2.11. The van der Waals surface area contributed by atoms with Gasteiger partial charge in [-0.15, -0.1) is 0 Å². The first-order valence-corrected chi connectivity index (χ1v) is 12.3. The highest BCUT2D eigenvalue weighted by atomic mass is 32.2. The van der Waals surface area contributed by atoms with Crippen molar-refractivity contribution in [1.29, 1.82) is 0 Å². The first kappa shape index (κ1) is 17.8. The van der Waals surface area contributed by atoms with Crippen LogP contribution in [0.1, 0.15) is 37.3 Å². The molecule has 3 aliphatic heterocycles. The quantitative estimate of drug-likeness (QED) is 0.870. The lowest BCUT2D eigenvalue weighted by Crippen LogP contribution is -2.46. The van der Waals surface area contributed by atoms with Gasteiger partial charge in [0.05, 0.1) is 4.90 Å². The topological polar surface area (TPSA) is 49.4 Å². The lowest BCUT2D eigenvalue weighted by molar-refractivity contribution is 0.166. The summed E-state index contributed by atoms with van der Waals surface area (Å²) in [4.78, 5) is 3.15. The fourth-order valence-electron chi connectivity index (χ4n) is 4.66. The summed E-state index contributed by atoms with van der Waals surface area (Å²) >= 11 is 2.16. The molecule has 0 radical (unpaired) electrons. The van der Waals surface area contributed by atoms with Crippen LogP contribution in [-0.2, 0) is 9.84 Å². The maximum absolute atomic E-state index is 11.7. The molecule has 4 rings (SSSR count). The van der Waals surface area contributed by atoms with Crippen LogP contribution in [0.4, 0.5) is 0 Å². The van der Waals surface area contributed by atoms with E-state index >= 15 is 0 Å². The third kappa shape index (κ3) is 3.92. The van der Waals surface area contributed by atoms with Crippen molar-refractivity contribution < 1.29 is 8.42 Å². The smallest absolute Gasteiger partial charge is 0.175 e. The van der Waals surface area contributed by atoms with Gasteiger partial charge in [0.1, 0.15) is 0 Å². The van der Waals surface area contributed by atoms with Crippen LogP contribution >= 0.6 is 11.8 Å². The minimum atomic E-state index is -3.12. The second-order valence-electron chi connectivity index (χ2n) is 7.78. The Balaban J connectivity index is 1.44. The van der Waals surface area contributed by atoms with Crippen molar-refractivity contribution >= 4 is 21.6 Å². The molecule has 1 aromatic rings. The van der Waals surface area contributed by atoms with E-state index in [1.54, 1.807) is 12.1 Å². The Bertz CT molecular complexity index is 699. The van der Waals surface area contributed by atoms with Gasteiger partial charge in [-0.3, -0.25) is 4.90 Å². The minimum absolute atomic E-state index is 0.340. The van der Waals surface area contributed by atoms with Gasteiger partial charge in [-0.1, -0.05) is 12.1 Å². The monoisotopic (exact) mass is 380 g/mol. The number of hydrogen-bond acceptors (Lipinski definition) is 5. The number of rotatable bonds is 4. The van der Waals surface area contributed by atoms with Gasteiger partial charge in [-0.2, -0.15) is 11.8 Å². The van der Waals surface area contributed by atoms with Crippen LogP contribution in [0.3, 0.4) is 0 Å².